The third-order valence-corrected chi connectivity index (χ3v) is 2.68. The molecule has 1 aromatic heterocycles. The summed E-state index contributed by atoms with van der Waals surface area (Å²) in [5, 5.41) is 19.1. The highest BCUT2D eigenvalue weighted by atomic mass is 35.5. The second kappa shape index (κ2) is 4.10. The first-order chi connectivity index (χ1) is 8.02. The van der Waals surface area contributed by atoms with Crippen LogP contribution in [0.25, 0.3) is 11.4 Å². The summed E-state index contributed by atoms with van der Waals surface area (Å²) in [4.78, 5) is 14.9. The van der Waals surface area contributed by atoms with E-state index in [4.69, 9.17) is 16.7 Å². The Morgan fingerprint density at radius 3 is 2.59 bits per heavy atom. The third-order valence-electron chi connectivity index (χ3n) is 2.35. The molecule has 2 aromatic rings. The number of aromatic nitrogens is 2. The second-order valence-corrected chi connectivity index (χ2v) is 3.87. The summed E-state index contributed by atoms with van der Waals surface area (Å²) in [5.41, 5.74) is 0.446. The fourth-order valence-corrected chi connectivity index (χ4v) is 1.80. The summed E-state index contributed by atoms with van der Waals surface area (Å²) in [6.07, 6.45) is 0. The van der Waals surface area contributed by atoms with Crippen LogP contribution in [0.15, 0.2) is 24.3 Å². The monoisotopic (exact) mass is 252 g/mol. The van der Waals surface area contributed by atoms with Crippen LogP contribution in [0.5, 0.6) is 0 Å². The van der Waals surface area contributed by atoms with Crippen LogP contribution in [-0.4, -0.2) is 26.0 Å². The molecule has 0 saturated carbocycles. The molecule has 0 aliphatic heterocycles. The van der Waals surface area contributed by atoms with Crippen LogP contribution in [0.3, 0.4) is 0 Å². The molecule has 88 valence electrons. The Labute approximate surface area is 102 Å². The fraction of sp³-hybridized carbons (Fsp3) is 0.0909. The summed E-state index contributed by atoms with van der Waals surface area (Å²) in [5.74, 6) is -1.12. The Balaban J connectivity index is 2.66. The van der Waals surface area contributed by atoms with E-state index in [1.54, 1.807) is 24.3 Å². The number of imidazole rings is 1. The van der Waals surface area contributed by atoms with Crippen molar-refractivity contribution in [2.45, 2.75) is 6.92 Å². The lowest BCUT2D eigenvalue weighted by atomic mass is 10.2. The number of hydrogen-bond acceptors (Lipinski definition) is 3. The van der Waals surface area contributed by atoms with Gasteiger partial charge in [0.15, 0.2) is 11.5 Å². The average molecular weight is 253 g/mol. The Morgan fingerprint density at radius 2 is 2.06 bits per heavy atom. The molecule has 0 fully saturated rings. The molecule has 5 nitrogen and oxygen atoms in total. The normalized spacial score (nSPS) is 10.5. The summed E-state index contributed by atoms with van der Waals surface area (Å²) in [6.45, 7) is 1.51. The van der Waals surface area contributed by atoms with E-state index in [1.807, 2.05) is 0 Å². The molecule has 17 heavy (non-hydrogen) atoms. The van der Waals surface area contributed by atoms with Gasteiger partial charge >= 0.3 is 5.97 Å². The highest BCUT2D eigenvalue weighted by molar-refractivity contribution is 6.33. The van der Waals surface area contributed by atoms with Crippen LogP contribution < -0.4 is 0 Å². The highest BCUT2D eigenvalue weighted by Gasteiger charge is 2.21. The van der Waals surface area contributed by atoms with E-state index in [0.717, 1.165) is 0 Å². The maximum atomic E-state index is 10.9. The molecular formula is C11H9ClN2O3. The minimum absolute atomic E-state index is 0.116. The lowest BCUT2D eigenvalue weighted by molar-refractivity contribution is 0.0645. The van der Waals surface area contributed by atoms with Gasteiger partial charge in [0.05, 0.1) is 10.7 Å². The van der Waals surface area contributed by atoms with Crippen LogP contribution in [0, 0.1) is 6.92 Å². The topological polar surface area (TPSA) is 75.3 Å². The van der Waals surface area contributed by atoms with Crippen molar-refractivity contribution in [1.82, 2.24) is 9.71 Å². The minimum Gasteiger partial charge on any atom is -0.476 e. The van der Waals surface area contributed by atoms with Gasteiger partial charge in [0.25, 0.3) is 0 Å². The molecule has 0 unspecified atom stereocenters. The molecule has 6 heteroatoms. The first-order valence-corrected chi connectivity index (χ1v) is 5.17. The van der Waals surface area contributed by atoms with Crippen LogP contribution >= 0.6 is 11.6 Å². The Morgan fingerprint density at radius 1 is 1.41 bits per heavy atom. The molecule has 0 bridgehead atoms. The maximum absolute atomic E-state index is 10.9. The molecule has 1 aromatic carbocycles. The molecule has 1 heterocycles. The predicted molar refractivity (Wildman–Crippen MR) is 61.6 cm³/mol. The number of aromatic carboxylic acids is 1. The molecule has 0 aliphatic carbocycles. The Kier molecular flexibility index (Phi) is 2.77. The lowest BCUT2D eigenvalue weighted by Crippen LogP contribution is -2.07. The standard InChI is InChI=1S/C11H9ClN2O3/c1-6-9(11(15)16)14(17)10(13-6)7-4-2-3-5-8(7)12/h2-5,17H,1H3,(H,15,16). The molecule has 0 radical (unpaired) electrons. The van der Waals surface area contributed by atoms with E-state index >= 15 is 0 Å². The summed E-state index contributed by atoms with van der Waals surface area (Å²) >= 11 is 5.96. The van der Waals surface area contributed by atoms with Gasteiger partial charge in [0, 0.05) is 5.56 Å². The van der Waals surface area contributed by atoms with Crippen molar-refractivity contribution in [2.75, 3.05) is 0 Å². The Bertz CT molecular complexity index is 592. The van der Waals surface area contributed by atoms with Crippen LogP contribution in [0.2, 0.25) is 5.02 Å². The highest BCUT2D eigenvalue weighted by Crippen LogP contribution is 2.27. The second-order valence-electron chi connectivity index (χ2n) is 3.47. The van der Waals surface area contributed by atoms with E-state index in [2.05, 4.69) is 4.98 Å². The van der Waals surface area contributed by atoms with Crippen LogP contribution in [-0.2, 0) is 0 Å². The van der Waals surface area contributed by atoms with Crippen molar-refractivity contribution in [2.24, 2.45) is 0 Å². The fourth-order valence-electron chi connectivity index (χ4n) is 1.58. The van der Waals surface area contributed by atoms with E-state index in [9.17, 15) is 10.0 Å². The maximum Gasteiger partial charge on any atom is 0.357 e. The SMILES string of the molecule is Cc1nc(-c2ccccc2Cl)n(O)c1C(=O)O. The van der Waals surface area contributed by atoms with Gasteiger partial charge in [-0.15, -0.1) is 0 Å². The molecule has 0 saturated heterocycles. The number of aryl methyl sites for hydroxylation is 1. The molecule has 2 N–H and O–H groups in total. The van der Waals surface area contributed by atoms with Gasteiger partial charge in [-0.1, -0.05) is 23.7 Å². The number of carboxylic acids is 1. The quantitative estimate of drug-likeness (QED) is 0.805. The summed E-state index contributed by atoms with van der Waals surface area (Å²) in [6, 6.07) is 6.76. The first kappa shape index (κ1) is 11.5. The number of hydrogen-bond donors (Lipinski definition) is 2. The van der Waals surface area contributed by atoms with Crippen molar-refractivity contribution in [1.29, 1.82) is 0 Å². The van der Waals surface area contributed by atoms with Gasteiger partial charge in [0.1, 0.15) is 0 Å². The zero-order chi connectivity index (χ0) is 12.6. The largest absolute Gasteiger partial charge is 0.476 e. The van der Waals surface area contributed by atoms with Crippen molar-refractivity contribution in [3.63, 3.8) is 0 Å². The molecule has 0 spiro atoms. The van der Waals surface area contributed by atoms with E-state index in [1.165, 1.54) is 6.92 Å². The summed E-state index contributed by atoms with van der Waals surface area (Å²) in [7, 11) is 0. The van der Waals surface area contributed by atoms with Crippen molar-refractivity contribution >= 4 is 17.6 Å². The zero-order valence-corrected chi connectivity index (χ0v) is 9.64. The van der Waals surface area contributed by atoms with Crippen molar-refractivity contribution < 1.29 is 15.1 Å². The average Bonchev–Trinajstić information content (AvgIpc) is 2.55. The molecule has 0 atom stereocenters. The number of rotatable bonds is 2. The number of nitrogens with zero attached hydrogens (tertiary/aromatic N) is 2. The third kappa shape index (κ3) is 1.85. The first-order valence-electron chi connectivity index (χ1n) is 4.79. The van der Waals surface area contributed by atoms with Gasteiger partial charge in [0.2, 0.25) is 0 Å². The van der Waals surface area contributed by atoms with Crippen molar-refractivity contribution in [3.8, 4) is 11.4 Å². The number of benzene rings is 1. The zero-order valence-electron chi connectivity index (χ0n) is 8.88. The van der Waals surface area contributed by atoms with Gasteiger partial charge in [-0.3, -0.25) is 0 Å². The van der Waals surface area contributed by atoms with Crippen molar-refractivity contribution in [3.05, 3.63) is 40.7 Å². The van der Waals surface area contributed by atoms with E-state index in [0.29, 0.717) is 15.3 Å². The minimum atomic E-state index is -1.24. The van der Waals surface area contributed by atoms with E-state index < -0.39 is 5.97 Å². The van der Waals surface area contributed by atoms with Gasteiger partial charge in [-0.2, -0.15) is 4.73 Å². The smallest absolute Gasteiger partial charge is 0.357 e. The Hall–Kier alpha value is -2.01. The number of carbonyl (C=O) groups is 1. The molecule has 0 amide bonds. The van der Waals surface area contributed by atoms with Gasteiger partial charge in [-0.05, 0) is 19.1 Å². The number of carboxylic acid groups (broad SMARTS) is 1. The molecular weight excluding hydrogens is 244 g/mol. The molecule has 0 aliphatic rings. The predicted octanol–water partition coefficient (Wildman–Crippen LogP) is 2.45. The van der Waals surface area contributed by atoms with Gasteiger partial charge < -0.3 is 10.3 Å². The van der Waals surface area contributed by atoms with E-state index in [-0.39, 0.29) is 17.2 Å². The lowest BCUT2D eigenvalue weighted by Gasteiger charge is -2.03. The summed E-state index contributed by atoms with van der Waals surface area (Å²) < 4.78 is 0.541. The van der Waals surface area contributed by atoms with Gasteiger partial charge in [-0.25, -0.2) is 9.78 Å². The number of halogens is 1. The van der Waals surface area contributed by atoms with Crippen LogP contribution in [0.4, 0.5) is 0 Å². The molecule has 2 rings (SSSR count). The van der Waals surface area contributed by atoms with Crippen LogP contribution in [0.1, 0.15) is 16.2 Å².